The van der Waals surface area contributed by atoms with Gasteiger partial charge in [-0.25, -0.2) is 4.98 Å². The Bertz CT molecular complexity index is 1320. The molecule has 0 bridgehead atoms. The van der Waals surface area contributed by atoms with Crippen molar-refractivity contribution in [1.82, 2.24) is 14.9 Å². The smallest absolute Gasteiger partial charge is 0.156 e. The summed E-state index contributed by atoms with van der Waals surface area (Å²) in [6.07, 6.45) is 4.36. The molecule has 0 aliphatic carbocycles. The molecular formula is C27H29N5O. The molecule has 0 unspecified atom stereocenters. The zero-order valence-electron chi connectivity index (χ0n) is 19.0. The number of β-amino-alcohol motifs (C(OH)–C–C–N with tert-alkyl or cyclic N) is 1. The average Bonchev–Trinajstić information content (AvgIpc) is 3.22. The van der Waals surface area contributed by atoms with Crippen molar-refractivity contribution in [2.45, 2.75) is 32.9 Å². The standard InChI is InChI=1S/C27H29N5O/c1-17-22(5-3-7-24(17)28)23-6-4-8-25(18(23)2)31-27-26-20(9-11-29-27)13-19(14-30-26)15-32-12-10-21(33)16-32/h3-9,11,13-14,21,33H,10,12,15-16,28H2,1-2H3,(H,29,31)/t21-/m0/s1. The maximum Gasteiger partial charge on any atom is 0.156 e. The normalized spacial score (nSPS) is 16.4. The lowest BCUT2D eigenvalue weighted by Gasteiger charge is -2.17. The van der Waals surface area contributed by atoms with Crippen LogP contribution >= 0.6 is 0 Å². The Labute approximate surface area is 194 Å². The second-order valence-electron chi connectivity index (χ2n) is 8.88. The molecule has 5 rings (SSSR count). The molecule has 1 fully saturated rings. The number of aromatic nitrogens is 2. The highest BCUT2D eigenvalue weighted by molar-refractivity contribution is 5.91. The van der Waals surface area contributed by atoms with E-state index in [0.717, 1.165) is 82.0 Å². The topological polar surface area (TPSA) is 87.3 Å². The summed E-state index contributed by atoms with van der Waals surface area (Å²) in [5.74, 6) is 0.736. The zero-order valence-corrected chi connectivity index (χ0v) is 19.0. The number of rotatable bonds is 5. The van der Waals surface area contributed by atoms with Gasteiger partial charge in [-0.05, 0) is 72.4 Å². The molecular weight excluding hydrogens is 410 g/mol. The number of likely N-dealkylation sites (tertiary alicyclic amines) is 1. The average molecular weight is 440 g/mol. The Morgan fingerprint density at radius 3 is 2.64 bits per heavy atom. The summed E-state index contributed by atoms with van der Waals surface area (Å²) in [7, 11) is 0. The third kappa shape index (κ3) is 4.27. The molecule has 168 valence electrons. The molecule has 6 nitrogen and oxygen atoms in total. The van der Waals surface area contributed by atoms with E-state index in [1.165, 1.54) is 0 Å². The Morgan fingerprint density at radius 2 is 1.85 bits per heavy atom. The second-order valence-corrected chi connectivity index (χ2v) is 8.88. The predicted molar refractivity (Wildman–Crippen MR) is 134 cm³/mol. The third-order valence-electron chi connectivity index (χ3n) is 6.56. The van der Waals surface area contributed by atoms with Crippen LogP contribution in [-0.4, -0.2) is 39.2 Å². The Kier molecular flexibility index (Phi) is 5.70. The Balaban J connectivity index is 1.45. The first kappa shape index (κ1) is 21.4. The van der Waals surface area contributed by atoms with Crippen LogP contribution in [0.5, 0.6) is 0 Å². The van der Waals surface area contributed by atoms with Gasteiger partial charge in [-0.1, -0.05) is 24.3 Å². The quantitative estimate of drug-likeness (QED) is 0.387. The lowest BCUT2D eigenvalue weighted by atomic mass is 9.95. The fourth-order valence-corrected chi connectivity index (χ4v) is 4.63. The number of nitrogen functional groups attached to an aromatic ring is 1. The van der Waals surface area contributed by atoms with E-state index in [9.17, 15) is 5.11 Å². The van der Waals surface area contributed by atoms with Crippen LogP contribution in [0.2, 0.25) is 0 Å². The first-order valence-electron chi connectivity index (χ1n) is 11.4. The number of nitrogens with zero attached hydrogens (tertiary/aromatic N) is 3. The van der Waals surface area contributed by atoms with Gasteiger partial charge >= 0.3 is 0 Å². The lowest BCUT2D eigenvalue weighted by molar-refractivity contribution is 0.175. The van der Waals surface area contributed by atoms with Crippen molar-refractivity contribution in [3.8, 4) is 11.1 Å². The van der Waals surface area contributed by atoms with Crippen LogP contribution in [0.3, 0.4) is 0 Å². The fourth-order valence-electron chi connectivity index (χ4n) is 4.63. The molecule has 1 saturated heterocycles. The first-order valence-corrected chi connectivity index (χ1v) is 11.4. The van der Waals surface area contributed by atoms with Crippen molar-refractivity contribution in [2.24, 2.45) is 0 Å². The number of aliphatic hydroxyl groups excluding tert-OH is 1. The molecule has 33 heavy (non-hydrogen) atoms. The van der Waals surface area contributed by atoms with Gasteiger partial charge in [0.05, 0.1) is 6.10 Å². The maximum absolute atomic E-state index is 9.79. The molecule has 0 radical (unpaired) electrons. The number of fused-ring (bicyclic) bond motifs is 1. The summed E-state index contributed by atoms with van der Waals surface area (Å²) < 4.78 is 0. The van der Waals surface area contributed by atoms with E-state index in [0.29, 0.717) is 0 Å². The van der Waals surface area contributed by atoms with Gasteiger partial charge in [-0.3, -0.25) is 9.88 Å². The van der Waals surface area contributed by atoms with Crippen molar-refractivity contribution in [2.75, 3.05) is 24.1 Å². The minimum absolute atomic E-state index is 0.214. The molecule has 4 aromatic rings. The number of anilines is 3. The predicted octanol–water partition coefficient (Wildman–Crippen LogP) is 4.81. The van der Waals surface area contributed by atoms with E-state index in [2.05, 4.69) is 59.4 Å². The monoisotopic (exact) mass is 439 g/mol. The molecule has 6 heteroatoms. The summed E-state index contributed by atoms with van der Waals surface area (Å²) in [5.41, 5.74) is 14.4. The van der Waals surface area contributed by atoms with Crippen LogP contribution in [0, 0.1) is 13.8 Å². The van der Waals surface area contributed by atoms with E-state index in [1.54, 1.807) is 0 Å². The summed E-state index contributed by atoms with van der Waals surface area (Å²) in [5, 5.41) is 14.3. The number of hydrogen-bond acceptors (Lipinski definition) is 6. The molecule has 1 aliphatic rings. The summed E-state index contributed by atoms with van der Waals surface area (Å²) >= 11 is 0. The number of pyridine rings is 2. The molecule has 4 N–H and O–H groups in total. The van der Waals surface area contributed by atoms with Crippen LogP contribution in [0.1, 0.15) is 23.1 Å². The highest BCUT2D eigenvalue weighted by Gasteiger charge is 2.20. The molecule has 2 aromatic heterocycles. The van der Waals surface area contributed by atoms with Gasteiger partial charge in [-0.15, -0.1) is 0 Å². The number of nitrogens with two attached hydrogens (primary N) is 1. The first-order chi connectivity index (χ1) is 16.0. The van der Waals surface area contributed by atoms with Crippen LogP contribution in [0.15, 0.2) is 60.9 Å². The van der Waals surface area contributed by atoms with Gasteiger partial charge in [0.2, 0.25) is 0 Å². The number of hydrogen-bond donors (Lipinski definition) is 3. The summed E-state index contributed by atoms with van der Waals surface area (Å²) in [6.45, 7) is 6.61. The summed E-state index contributed by atoms with van der Waals surface area (Å²) in [4.78, 5) is 11.6. The van der Waals surface area contributed by atoms with E-state index in [-0.39, 0.29) is 6.10 Å². The van der Waals surface area contributed by atoms with Crippen molar-refractivity contribution in [3.63, 3.8) is 0 Å². The van der Waals surface area contributed by atoms with Gasteiger partial charge in [-0.2, -0.15) is 0 Å². The number of benzene rings is 2. The Hall–Kier alpha value is -3.48. The number of nitrogens with one attached hydrogen (secondary N) is 1. The van der Waals surface area contributed by atoms with Crippen molar-refractivity contribution >= 4 is 28.1 Å². The van der Waals surface area contributed by atoms with Crippen molar-refractivity contribution in [1.29, 1.82) is 0 Å². The van der Waals surface area contributed by atoms with E-state index in [1.807, 2.05) is 30.6 Å². The fraction of sp³-hybridized carbons (Fsp3) is 0.259. The van der Waals surface area contributed by atoms with Gasteiger partial charge < -0.3 is 16.2 Å². The molecule has 1 aliphatic heterocycles. The molecule has 1 atom stereocenters. The van der Waals surface area contributed by atoms with Crippen LogP contribution in [0.25, 0.3) is 22.0 Å². The lowest BCUT2D eigenvalue weighted by Crippen LogP contribution is -2.21. The molecule has 0 amide bonds. The van der Waals surface area contributed by atoms with Gasteiger partial charge in [0.15, 0.2) is 5.82 Å². The van der Waals surface area contributed by atoms with Gasteiger partial charge in [0.25, 0.3) is 0 Å². The third-order valence-corrected chi connectivity index (χ3v) is 6.56. The molecule has 0 spiro atoms. The van der Waals surface area contributed by atoms with E-state index < -0.39 is 0 Å². The van der Waals surface area contributed by atoms with Gasteiger partial charge in [0.1, 0.15) is 5.52 Å². The molecule has 3 heterocycles. The SMILES string of the molecule is Cc1c(N)cccc1-c1cccc(Nc2nccc3cc(CN4CC[C@H](O)C4)cnc23)c1C. The zero-order chi connectivity index (χ0) is 22.9. The summed E-state index contributed by atoms with van der Waals surface area (Å²) in [6, 6.07) is 16.4. The van der Waals surface area contributed by atoms with E-state index >= 15 is 0 Å². The van der Waals surface area contributed by atoms with Crippen molar-refractivity contribution < 1.29 is 5.11 Å². The van der Waals surface area contributed by atoms with E-state index in [4.69, 9.17) is 10.7 Å². The minimum Gasteiger partial charge on any atom is -0.398 e. The van der Waals surface area contributed by atoms with Crippen LogP contribution in [-0.2, 0) is 6.54 Å². The second kappa shape index (κ2) is 8.81. The van der Waals surface area contributed by atoms with Crippen LogP contribution in [0.4, 0.5) is 17.2 Å². The highest BCUT2D eigenvalue weighted by Crippen LogP contribution is 2.34. The minimum atomic E-state index is -0.214. The maximum atomic E-state index is 9.79. The molecule has 2 aromatic carbocycles. The van der Waals surface area contributed by atoms with Crippen molar-refractivity contribution in [3.05, 3.63) is 77.6 Å². The number of aliphatic hydroxyl groups is 1. The van der Waals surface area contributed by atoms with Crippen LogP contribution < -0.4 is 11.1 Å². The Morgan fingerprint density at radius 1 is 1.06 bits per heavy atom. The van der Waals surface area contributed by atoms with Gasteiger partial charge in [0, 0.05) is 48.8 Å². The largest absolute Gasteiger partial charge is 0.398 e. The highest BCUT2D eigenvalue weighted by atomic mass is 16.3. The molecule has 0 saturated carbocycles.